The minimum atomic E-state index is -0.425. The summed E-state index contributed by atoms with van der Waals surface area (Å²) in [4.78, 5) is 28.9. The van der Waals surface area contributed by atoms with Gasteiger partial charge >= 0.3 is 0 Å². The van der Waals surface area contributed by atoms with Gasteiger partial charge in [-0.1, -0.05) is 48.5 Å². The van der Waals surface area contributed by atoms with Gasteiger partial charge in [-0.15, -0.1) is 0 Å². The van der Waals surface area contributed by atoms with Crippen molar-refractivity contribution >= 4 is 11.8 Å². The van der Waals surface area contributed by atoms with Gasteiger partial charge in [0.2, 0.25) is 11.8 Å². The Hall–Kier alpha value is -2.62. The minimum absolute atomic E-state index is 0.0211. The number of hydrogen-bond acceptors (Lipinski definition) is 2. The number of benzene rings is 2. The highest BCUT2D eigenvalue weighted by Crippen LogP contribution is 2.21. The number of piperazine rings is 1. The van der Waals surface area contributed by atoms with Gasteiger partial charge in [-0.3, -0.25) is 9.59 Å². The van der Waals surface area contributed by atoms with E-state index in [2.05, 4.69) is 26.0 Å². The van der Waals surface area contributed by atoms with Crippen LogP contribution in [0.25, 0.3) is 0 Å². The molecule has 3 rings (SSSR count). The van der Waals surface area contributed by atoms with Gasteiger partial charge in [0.25, 0.3) is 0 Å². The largest absolute Gasteiger partial charge is 0.331 e. The second-order valence-corrected chi connectivity index (χ2v) is 7.06. The number of carbonyl (C=O) groups is 2. The maximum atomic E-state index is 12.8. The van der Waals surface area contributed by atoms with Crippen molar-refractivity contribution in [3.05, 3.63) is 70.8 Å². The molecule has 0 saturated carbocycles. The normalized spacial score (nSPS) is 17.7. The van der Waals surface area contributed by atoms with Gasteiger partial charge in [0, 0.05) is 13.1 Å². The van der Waals surface area contributed by atoms with Crippen molar-refractivity contribution in [2.24, 2.45) is 0 Å². The number of amides is 2. The highest BCUT2D eigenvalue weighted by Gasteiger charge is 2.36. The fraction of sp³-hybridized carbons (Fsp3) is 0.364. The number of nitrogens with zero attached hydrogens (tertiary/aromatic N) is 2. The summed E-state index contributed by atoms with van der Waals surface area (Å²) < 4.78 is 0. The molecule has 0 unspecified atom stereocenters. The molecule has 0 spiro atoms. The highest BCUT2D eigenvalue weighted by molar-refractivity contribution is 5.94. The van der Waals surface area contributed by atoms with Crippen LogP contribution < -0.4 is 0 Å². The number of hydrogen-bond donors (Lipinski definition) is 0. The topological polar surface area (TPSA) is 40.6 Å². The van der Waals surface area contributed by atoms with Gasteiger partial charge < -0.3 is 9.80 Å². The van der Waals surface area contributed by atoms with Crippen LogP contribution in [0, 0.1) is 13.8 Å². The van der Waals surface area contributed by atoms with E-state index in [0.29, 0.717) is 13.1 Å². The second kappa shape index (κ2) is 7.73. The Labute approximate surface area is 155 Å². The summed E-state index contributed by atoms with van der Waals surface area (Å²) in [6.45, 7) is 7.18. The molecule has 0 N–H and O–H groups in total. The monoisotopic (exact) mass is 350 g/mol. The van der Waals surface area contributed by atoms with Crippen LogP contribution in [0.1, 0.15) is 29.2 Å². The lowest BCUT2D eigenvalue weighted by molar-refractivity contribution is -0.155. The van der Waals surface area contributed by atoms with Crippen molar-refractivity contribution in [3.8, 4) is 0 Å². The molecule has 1 saturated heterocycles. The number of aryl methyl sites for hydroxylation is 2. The first-order chi connectivity index (χ1) is 12.5. The maximum absolute atomic E-state index is 12.8. The first kappa shape index (κ1) is 18.2. The third-order valence-electron chi connectivity index (χ3n) is 5.27. The number of rotatable bonds is 5. The van der Waals surface area contributed by atoms with Crippen molar-refractivity contribution < 1.29 is 9.59 Å². The van der Waals surface area contributed by atoms with E-state index in [0.717, 1.165) is 23.1 Å². The van der Waals surface area contributed by atoms with Crippen molar-refractivity contribution in [1.82, 2.24) is 9.80 Å². The fourth-order valence-corrected chi connectivity index (χ4v) is 3.54. The summed E-state index contributed by atoms with van der Waals surface area (Å²) in [6, 6.07) is 15.8. The van der Waals surface area contributed by atoms with E-state index in [4.69, 9.17) is 0 Å². The molecule has 0 aromatic heterocycles. The molecule has 2 aromatic rings. The standard InChI is InChI=1S/C22H26N2O2/c1-16-8-7-9-17(2)20(16)14-24-18(3)22(26)23(15-21(24)25)13-12-19-10-5-4-6-11-19/h4-11,18H,12-15H2,1-3H3/t18-/m1/s1. The van der Waals surface area contributed by atoms with Gasteiger partial charge in [0.15, 0.2) is 0 Å². The van der Waals surface area contributed by atoms with E-state index in [1.807, 2.05) is 43.3 Å². The zero-order chi connectivity index (χ0) is 18.7. The molecule has 136 valence electrons. The molecule has 1 aliphatic heterocycles. The predicted octanol–water partition coefficient (Wildman–Crippen LogP) is 3.11. The Morgan fingerprint density at radius 1 is 0.962 bits per heavy atom. The van der Waals surface area contributed by atoms with Crippen LogP contribution in [0.2, 0.25) is 0 Å². The van der Waals surface area contributed by atoms with Crippen LogP contribution in [-0.2, 0) is 22.6 Å². The lowest BCUT2D eigenvalue weighted by atomic mass is 10.0. The minimum Gasteiger partial charge on any atom is -0.331 e. The molecule has 2 amide bonds. The molecule has 2 aromatic carbocycles. The van der Waals surface area contributed by atoms with Crippen LogP contribution >= 0.6 is 0 Å². The smallest absolute Gasteiger partial charge is 0.245 e. The van der Waals surface area contributed by atoms with Gasteiger partial charge in [0.05, 0.1) is 6.54 Å². The van der Waals surface area contributed by atoms with Gasteiger partial charge in [-0.05, 0) is 49.4 Å². The molecular weight excluding hydrogens is 324 g/mol. The SMILES string of the molecule is Cc1cccc(C)c1CN1C(=O)CN(CCc2ccccc2)C(=O)[C@H]1C. The maximum Gasteiger partial charge on any atom is 0.245 e. The van der Waals surface area contributed by atoms with Gasteiger partial charge in [-0.25, -0.2) is 0 Å². The molecule has 0 aliphatic carbocycles. The molecule has 26 heavy (non-hydrogen) atoms. The van der Waals surface area contributed by atoms with Crippen LogP contribution in [0.15, 0.2) is 48.5 Å². The van der Waals surface area contributed by atoms with Crippen LogP contribution in [0.5, 0.6) is 0 Å². The van der Waals surface area contributed by atoms with Crippen LogP contribution in [0.3, 0.4) is 0 Å². The van der Waals surface area contributed by atoms with Crippen molar-refractivity contribution in [2.75, 3.05) is 13.1 Å². The van der Waals surface area contributed by atoms with E-state index in [1.165, 1.54) is 5.56 Å². The van der Waals surface area contributed by atoms with Crippen molar-refractivity contribution in [3.63, 3.8) is 0 Å². The molecule has 0 radical (unpaired) electrons. The molecule has 1 atom stereocenters. The second-order valence-electron chi connectivity index (χ2n) is 7.06. The van der Waals surface area contributed by atoms with E-state index in [1.54, 1.807) is 9.80 Å². The molecule has 4 heteroatoms. The Bertz CT molecular complexity index is 781. The Kier molecular flexibility index (Phi) is 5.40. The number of carbonyl (C=O) groups excluding carboxylic acids is 2. The summed E-state index contributed by atoms with van der Waals surface area (Å²) in [5, 5.41) is 0. The fourth-order valence-electron chi connectivity index (χ4n) is 3.54. The lowest BCUT2D eigenvalue weighted by Gasteiger charge is -2.39. The first-order valence-electron chi connectivity index (χ1n) is 9.14. The first-order valence-corrected chi connectivity index (χ1v) is 9.14. The van der Waals surface area contributed by atoms with Crippen molar-refractivity contribution in [1.29, 1.82) is 0 Å². The molecule has 1 heterocycles. The molecule has 1 fully saturated rings. The van der Waals surface area contributed by atoms with Gasteiger partial charge in [-0.2, -0.15) is 0 Å². The van der Waals surface area contributed by atoms with Crippen LogP contribution in [0.4, 0.5) is 0 Å². The van der Waals surface area contributed by atoms with E-state index >= 15 is 0 Å². The van der Waals surface area contributed by atoms with Crippen LogP contribution in [-0.4, -0.2) is 40.7 Å². The lowest BCUT2D eigenvalue weighted by Crippen LogP contribution is -2.58. The molecule has 4 nitrogen and oxygen atoms in total. The van der Waals surface area contributed by atoms with E-state index in [9.17, 15) is 9.59 Å². The van der Waals surface area contributed by atoms with E-state index < -0.39 is 6.04 Å². The molecule has 1 aliphatic rings. The third-order valence-corrected chi connectivity index (χ3v) is 5.27. The summed E-state index contributed by atoms with van der Waals surface area (Å²) in [5.41, 5.74) is 4.63. The Balaban J connectivity index is 1.69. The quantitative estimate of drug-likeness (QED) is 0.831. The Morgan fingerprint density at radius 2 is 1.62 bits per heavy atom. The zero-order valence-electron chi connectivity index (χ0n) is 15.7. The highest BCUT2D eigenvalue weighted by atomic mass is 16.2. The molecular formula is C22H26N2O2. The predicted molar refractivity (Wildman–Crippen MR) is 103 cm³/mol. The van der Waals surface area contributed by atoms with Crippen molar-refractivity contribution in [2.45, 2.75) is 39.8 Å². The summed E-state index contributed by atoms with van der Waals surface area (Å²) in [5.74, 6) is 0.0552. The Morgan fingerprint density at radius 3 is 2.27 bits per heavy atom. The summed E-state index contributed by atoms with van der Waals surface area (Å²) in [7, 11) is 0. The van der Waals surface area contributed by atoms with E-state index in [-0.39, 0.29) is 18.4 Å². The summed E-state index contributed by atoms with van der Waals surface area (Å²) >= 11 is 0. The average Bonchev–Trinajstić information content (AvgIpc) is 2.63. The van der Waals surface area contributed by atoms with Gasteiger partial charge in [0.1, 0.15) is 6.04 Å². The molecule has 0 bridgehead atoms. The zero-order valence-corrected chi connectivity index (χ0v) is 15.7. The average molecular weight is 350 g/mol. The summed E-state index contributed by atoms with van der Waals surface area (Å²) in [6.07, 6.45) is 0.767. The third kappa shape index (κ3) is 3.79.